The van der Waals surface area contributed by atoms with Gasteiger partial charge in [-0.25, -0.2) is 4.21 Å². The zero-order valence-corrected chi connectivity index (χ0v) is 14.8. The summed E-state index contributed by atoms with van der Waals surface area (Å²) in [6.07, 6.45) is 0. The van der Waals surface area contributed by atoms with E-state index in [-0.39, 0.29) is 11.4 Å². The van der Waals surface area contributed by atoms with Crippen molar-refractivity contribution in [2.75, 3.05) is 0 Å². The van der Waals surface area contributed by atoms with E-state index in [1.165, 1.54) is 38.1 Å². The molecule has 0 aliphatic rings. The third kappa shape index (κ3) is 4.55. The van der Waals surface area contributed by atoms with E-state index >= 15 is 0 Å². The van der Waals surface area contributed by atoms with Crippen molar-refractivity contribution >= 4 is 15.7 Å². The average molecular weight is 359 g/mol. The molecule has 0 heterocycles. The molecule has 0 fully saturated rings. The lowest BCUT2D eigenvalue weighted by atomic mass is 10.1. The summed E-state index contributed by atoms with van der Waals surface area (Å²) in [5, 5.41) is 19.9. The van der Waals surface area contributed by atoms with Crippen LogP contribution in [0.1, 0.15) is 19.4 Å². The maximum absolute atomic E-state index is 13.4. The first-order chi connectivity index (χ1) is 11.6. The molecule has 130 valence electrons. The molecule has 7 nitrogen and oxygen atoms in total. The number of nitro benzene ring substituents is 1. The highest BCUT2D eigenvalue weighted by Crippen LogP contribution is 2.26. The lowest BCUT2D eigenvalue weighted by molar-refractivity contribution is -0.384. The summed E-state index contributed by atoms with van der Waals surface area (Å²) in [6, 6.07) is 14.0. The van der Waals surface area contributed by atoms with Gasteiger partial charge in [0.2, 0.25) is 10.0 Å². The minimum atomic E-state index is -3.41. The predicted octanol–water partition coefficient (Wildman–Crippen LogP) is 4.03. The van der Waals surface area contributed by atoms with Gasteiger partial charge in [0.1, 0.15) is 5.75 Å². The second kappa shape index (κ2) is 6.91. The topological polar surface area (TPSA) is 106 Å². The molecule has 0 aliphatic carbocycles. The second-order valence-corrected chi connectivity index (χ2v) is 7.66. The van der Waals surface area contributed by atoms with Crippen LogP contribution in [0.2, 0.25) is 0 Å². The van der Waals surface area contributed by atoms with Crippen molar-refractivity contribution in [3.8, 4) is 11.8 Å². The minimum Gasteiger partial charge on any atom is -0.392 e. The van der Waals surface area contributed by atoms with Crippen molar-refractivity contribution in [2.24, 2.45) is 4.36 Å². The molecule has 0 saturated carbocycles. The molecule has 0 spiro atoms. The van der Waals surface area contributed by atoms with Crippen molar-refractivity contribution in [1.82, 2.24) is 0 Å². The van der Waals surface area contributed by atoms with Crippen molar-refractivity contribution in [3.05, 3.63) is 64.2 Å². The Morgan fingerprint density at radius 2 is 1.72 bits per heavy atom. The van der Waals surface area contributed by atoms with E-state index in [4.69, 9.17) is 4.18 Å². The summed E-state index contributed by atoms with van der Waals surface area (Å²) >= 11 is 0. The highest BCUT2D eigenvalue weighted by atomic mass is 32.2. The van der Waals surface area contributed by atoms with Gasteiger partial charge in [0, 0.05) is 12.1 Å². The van der Waals surface area contributed by atoms with E-state index in [1.54, 1.807) is 24.3 Å². The highest BCUT2D eigenvalue weighted by Gasteiger charge is 2.24. The summed E-state index contributed by atoms with van der Waals surface area (Å²) in [5.74, 6) is 0.161. The van der Waals surface area contributed by atoms with Crippen LogP contribution >= 0.6 is 0 Å². The quantitative estimate of drug-likeness (QED) is 0.592. The number of nitriles is 1. The van der Waals surface area contributed by atoms with Crippen molar-refractivity contribution in [2.45, 2.75) is 31.2 Å². The van der Waals surface area contributed by atoms with Gasteiger partial charge in [-0.2, -0.15) is 9.62 Å². The largest absolute Gasteiger partial charge is 0.392 e. The molecule has 2 rings (SSSR count). The fourth-order valence-corrected chi connectivity index (χ4v) is 3.64. The molecule has 0 aliphatic heterocycles. The maximum atomic E-state index is 13.4. The average Bonchev–Trinajstić information content (AvgIpc) is 2.55. The van der Waals surface area contributed by atoms with Gasteiger partial charge in [-0.3, -0.25) is 10.1 Å². The Bertz CT molecular complexity index is 935. The molecule has 1 atom stereocenters. The SMILES string of the molecule is Cc1ccc(S(=O)(=NC(C)(C)C#N)Oc2ccc([N+](=O)[O-])cc2)cc1. The summed E-state index contributed by atoms with van der Waals surface area (Å²) in [5.41, 5.74) is -0.369. The summed E-state index contributed by atoms with van der Waals surface area (Å²) < 4.78 is 23.1. The Balaban J connectivity index is 2.53. The smallest absolute Gasteiger partial charge is 0.269 e. The summed E-state index contributed by atoms with van der Waals surface area (Å²) in [7, 11) is -3.41. The molecular weight excluding hydrogens is 342 g/mol. The number of nitro groups is 1. The number of rotatable bonds is 5. The van der Waals surface area contributed by atoms with Gasteiger partial charge in [0.25, 0.3) is 5.69 Å². The number of non-ortho nitro benzene ring substituents is 1. The van der Waals surface area contributed by atoms with Gasteiger partial charge in [-0.05, 0) is 45.0 Å². The minimum absolute atomic E-state index is 0.108. The molecule has 2 aromatic rings. The Hall–Kier alpha value is -2.92. The third-order valence-corrected chi connectivity index (χ3v) is 5.18. The zero-order chi connectivity index (χ0) is 18.7. The Morgan fingerprint density at radius 1 is 1.16 bits per heavy atom. The van der Waals surface area contributed by atoms with Crippen LogP contribution in [0.3, 0.4) is 0 Å². The molecular formula is C17H17N3O4S. The Labute approximate surface area is 146 Å². The third-order valence-electron chi connectivity index (χ3n) is 3.20. The molecule has 0 amide bonds. The molecule has 2 aromatic carbocycles. The fourth-order valence-electron chi connectivity index (χ4n) is 1.90. The second-order valence-electron chi connectivity index (χ2n) is 5.88. The van der Waals surface area contributed by atoms with Gasteiger partial charge in [0.05, 0.1) is 15.9 Å². The zero-order valence-electron chi connectivity index (χ0n) is 14.0. The van der Waals surface area contributed by atoms with Crippen LogP contribution < -0.4 is 4.18 Å². The predicted molar refractivity (Wildman–Crippen MR) is 93.4 cm³/mol. The van der Waals surface area contributed by atoms with Crippen LogP contribution in [-0.2, 0) is 10.0 Å². The van der Waals surface area contributed by atoms with Gasteiger partial charge < -0.3 is 4.18 Å². The van der Waals surface area contributed by atoms with Crippen LogP contribution in [0.15, 0.2) is 57.8 Å². The Morgan fingerprint density at radius 3 is 2.20 bits per heavy atom. The number of hydrogen-bond acceptors (Lipinski definition) is 6. The fraction of sp³-hybridized carbons (Fsp3) is 0.235. The number of hydrogen-bond donors (Lipinski definition) is 0. The van der Waals surface area contributed by atoms with E-state index in [0.29, 0.717) is 4.90 Å². The normalized spacial score (nSPS) is 13.4. The number of benzene rings is 2. The summed E-state index contributed by atoms with van der Waals surface area (Å²) in [6.45, 7) is 4.94. The van der Waals surface area contributed by atoms with E-state index in [1.807, 2.05) is 13.0 Å². The molecule has 0 saturated heterocycles. The number of nitrogens with zero attached hydrogens (tertiary/aromatic N) is 3. The monoisotopic (exact) mass is 359 g/mol. The first-order valence-corrected chi connectivity index (χ1v) is 8.79. The molecule has 1 unspecified atom stereocenters. The van der Waals surface area contributed by atoms with Crippen molar-refractivity contribution in [1.29, 1.82) is 5.26 Å². The van der Waals surface area contributed by atoms with Crippen LogP contribution in [0, 0.1) is 28.4 Å². The molecule has 0 radical (unpaired) electrons. The maximum Gasteiger partial charge on any atom is 0.269 e. The van der Waals surface area contributed by atoms with Gasteiger partial charge in [0.15, 0.2) is 5.54 Å². The first kappa shape index (κ1) is 18.4. The van der Waals surface area contributed by atoms with Crippen LogP contribution in [0.25, 0.3) is 0 Å². The van der Waals surface area contributed by atoms with Crippen LogP contribution in [-0.4, -0.2) is 14.7 Å². The van der Waals surface area contributed by atoms with Crippen LogP contribution in [0.5, 0.6) is 5.75 Å². The van der Waals surface area contributed by atoms with Crippen molar-refractivity contribution < 1.29 is 13.3 Å². The first-order valence-electron chi connectivity index (χ1n) is 7.35. The lowest BCUT2D eigenvalue weighted by Crippen LogP contribution is -2.20. The molecule has 25 heavy (non-hydrogen) atoms. The van der Waals surface area contributed by atoms with Gasteiger partial charge in [-0.1, -0.05) is 17.7 Å². The van der Waals surface area contributed by atoms with E-state index < -0.39 is 20.5 Å². The molecule has 0 bridgehead atoms. The van der Waals surface area contributed by atoms with Crippen molar-refractivity contribution in [3.63, 3.8) is 0 Å². The van der Waals surface area contributed by atoms with E-state index in [2.05, 4.69) is 4.36 Å². The van der Waals surface area contributed by atoms with Gasteiger partial charge >= 0.3 is 0 Å². The number of aryl methyl sites for hydroxylation is 1. The van der Waals surface area contributed by atoms with E-state index in [0.717, 1.165) is 5.56 Å². The molecule has 8 heteroatoms. The standard InChI is InChI=1S/C17H17N3O4S/c1-13-4-10-16(11-5-13)25(23,19-17(2,3)12-18)24-15-8-6-14(7-9-15)20(21)22/h4-11H,1-3H3. The van der Waals surface area contributed by atoms with Crippen LogP contribution in [0.4, 0.5) is 5.69 Å². The summed E-state index contributed by atoms with van der Waals surface area (Å²) in [4.78, 5) is 10.5. The van der Waals surface area contributed by atoms with Gasteiger partial charge in [-0.15, -0.1) is 0 Å². The lowest BCUT2D eigenvalue weighted by Gasteiger charge is -2.17. The molecule has 0 N–H and O–H groups in total. The Kier molecular flexibility index (Phi) is 5.09. The van der Waals surface area contributed by atoms with E-state index in [9.17, 15) is 19.6 Å². The molecule has 0 aromatic heterocycles. The highest BCUT2D eigenvalue weighted by molar-refractivity contribution is 7.89.